The van der Waals surface area contributed by atoms with Crippen molar-refractivity contribution in [1.82, 2.24) is 20.2 Å². The molecule has 1 amide bonds. The lowest BCUT2D eigenvalue weighted by atomic mass is 10.2. The number of aromatic nitrogens is 4. The maximum atomic E-state index is 12.3. The van der Waals surface area contributed by atoms with Crippen molar-refractivity contribution in [1.29, 1.82) is 0 Å². The number of nitrogens with zero attached hydrogens (tertiary/aromatic N) is 5. The van der Waals surface area contributed by atoms with Gasteiger partial charge in [0.05, 0.1) is 11.8 Å². The van der Waals surface area contributed by atoms with Gasteiger partial charge in [0.2, 0.25) is 11.1 Å². The van der Waals surface area contributed by atoms with E-state index in [1.165, 1.54) is 43.1 Å². The molecule has 1 saturated carbocycles. The van der Waals surface area contributed by atoms with Gasteiger partial charge in [-0.15, -0.1) is 5.10 Å². The van der Waals surface area contributed by atoms with Crippen molar-refractivity contribution in [3.63, 3.8) is 0 Å². The van der Waals surface area contributed by atoms with Crippen LogP contribution >= 0.6 is 11.8 Å². The summed E-state index contributed by atoms with van der Waals surface area (Å²) >= 11 is 1.40. The topological polar surface area (TPSA) is 75.9 Å². The average Bonchev–Trinajstić information content (AvgIpc) is 3.42. The highest BCUT2D eigenvalue weighted by Gasteiger charge is 2.22. The fraction of sp³-hybridized carbons (Fsp3) is 0.556. The van der Waals surface area contributed by atoms with E-state index in [9.17, 15) is 4.79 Å². The lowest BCUT2D eigenvalue weighted by Gasteiger charge is -2.18. The van der Waals surface area contributed by atoms with Gasteiger partial charge in [0.15, 0.2) is 0 Å². The molecule has 1 aromatic heterocycles. The summed E-state index contributed by atoms with van der Waals surface area (Å²) in [4.78, 5) is 14.7. The molecule has 2 aromatic rings. The molecular formula is C18H24N6OS. The number of tetrazole rings is 1. The Morgan fingerprint density at radius 2 is 2.00 bits per heavy atom. The molecule has 1 aromatic carbocycles. The largest absolute Gasteiger partial charge is 0.371 e. The van der Waals surface area contributed by atoms with Crippen molar-refractivity contribution in [3.05, 3.63) is 24.3 Å². The minimum atomic E-state index is -0.0328. The molecular weight excluding hydrogens is 348 g/mol. The molecule has 2 fully saturated rings. The van der Waals surface area contributed by atoms with Gasteiger partial charge in [-0.1, -0.05) is 30.7 Å². The second kappa shape index (κ2) is 8.07. The van der Waals surface area contributed by atoms with Gasteiger partial charge in [-0.3, -0.25) is 4.79 Å². The predicted octanol–water partition coefficient (Wildman–Crippen LogP) is 3.12. The standard InChI is InChI=1S/C18H24N6OS/c25-17(13-26-18-20-21-22-24(18)15-7-1-2-8-15)19-14-6-5-9-16(12-14)23-10-3-4-11-23/h5-6,9,12,15H,1-4,7-8,10-11,13H2,(H,19,25). The molecule has 4 rings (SSSR count). The summed E-state index contributed by atoms with van der Waals surface area (Å²) < 4.78 is 1.89. The Balaban J connectivity index is 1.33. The van der Waals surface area contributed by atoms with Crippen molar-refractivity contribution in [2.75, 3.05) is 29.1 Å². The zero-order valence-corrected chi connectivity index (χ0v) is 15.6. The molecule has 0 radical (unpaired) electrons. The number of anilines is 2. The number of nitrogens with one attached hydrogen (secondary N) is 1. The molecule has 0 spiro atoms. The fourth-order valence-electron chi connectivity index (χ4n) is 3.74. The van der Waals surface area contributed by atoms with Crippen LogP contribution in [-0.2, 0) is 4.79 Å². The van der Waals surface area contributed by atoms with Crippen molar-refractivity contribution < 1.29 is 4.79 Å². The smallest absolute Gasteiger partial charge is 0.234 e. The van der Waals surface area contributed by atoms with Crippen LogP contribution in [-0.4, -0.2) is 45.0 Å². The van der Waals surface area contributed by atoms with Gasteiger partial charge in [-0.2, -0.15) is 0 Å². The number of hydrogen-bond donors (Lipinski definition) is 1. The van der Waals surface area contributed by atoms with E-state index in [1.807, 2.05) is 16.8 Å². The summed E-state index contributed by atoms with van der Waals surface area (Å²) in [6.45, 7) is 2.19. The van der Waals surface area contributed by atoms with Crippen molar-refractivity contribution in [2.24, 2.45) is 0 Å². The third-order valence-electron chi connectivity index (χ3n) is 5.07. The summed E-state index contributed by atoms with van der Waals surface area (Å²) in [7, 11) is 0. The molecule has 2 aliphatic rings. The van der Waals surface area contributed by atoms with E-state index >= 15 is 0 Å². The molecule has 138 valence electrons. The van der Waals surface area contributed by atoms with Crippen molar-refractivity contribution in [2.45, 2.75) is 49.7 Å². The SMILES string of the molecule is O=C(CSc1nnnn1C1CCCC1)Nc1cccc(N2CCCC2)c1. The molecule has 8 heteroatoms. The number of benzene rings is 1. The van der Waals surface area contributed by atoms with Gasteiger partial charge in [0.1, 0.15) is 0 Å². The lowest BCUT2D eigenvalue weighted by molar-refractivity contribution is -0.113. The fourth-order valence-corrected chi connectivity index (χ4v) is 4.49. The van der Waals surface area contributed by atoms with E-state index in [1.54, 1.807) is 0 Å². The number of carbonyl (C=O) groups is 1. The Morgan fingerprint density at radius 3 is 2.81 bits per heavy atom. The van der Waals surface area contributed by atoms with Crippen LogP contribution in [0, 0.1) is 0 Å². The van der Waals surface area contributed by atoms with E-state index in [0.29, 0.717) is 11.8 Å². The maximum absolute atomic E-state index is 12.3. The number of thioether (sulfide) groups is 1. The highest BCUT2D eigenvalue weighted by molar-refractivity contribution is 7.99. The first kappa shape index (κ1) is 17.3. The zero-order chi connectivity index (χ0) is 17.8. The third-order valence-corrected chi connectivity index (χ3v) is 6.00. The van der Waals surface area contributed by atoms with Crippen LogP contribution in [0.25, 0.3) is 0 Å². The molecule has 26 heavy (non-hydrogen) atoms. The Morgan fingerprint density at radius 1 is 1.19 bits per heavy atom. The Labute approximate surface area is 157 Å². The third kappa shape index (κ3) is 4.00. The van der Waals surface area contributed by atoms with Gasteiger partial charge in [-0.25, -0.2) is 4.68 Å². The first-order chi connectivity index (χ1) is 12.8. The summed E-state index contributed by atoms with van der Waals surface area (Å²) in [5.41, 5.74) is 2.02. The van der Waals surface area contributed by atoms with E-state index in [2.05, 4.69) is 37.9 Å². The molecule has 1 aliphatic carbocycles. The van der Waals surface area contributed by atoms with Crippen molar-refractivity contribution in [3.8, 4) is 0 Å². The van der Waals surface area contributed by atoms with E-state index in [-0.39, 0.29) is 5.91 Å². The van der Waals surface area contributed by atoms with Gasteiger partial charge >= 0.3 is 0 Å². The van der Waals surface area contributed by atoms with Crippen LogP contribution < -0.4 is 10.2 Å². The quantitative estimate of drug-likeness (QED) is 0.785. The summed E-state index contributed by atoms with van der Waals surface area (Å²) in [5.74, 6) is 0.274. The molecule has 1 N–H and O–H groups in total. The minimum absolute atomic E-state index is 0.0328. The first-order valence-corrected chi connectivity index (χ1v) is 10.3. The van der Waals surface area contributed by atoms with Crippen LogP contribution in [0.5, 0.6) is 0 Å². The van der Waals surface area contributed by atoms with E-state index < -0.39 is 0 Å². The second-order valence-electron chi connectivity index (χ2n) is 6.93. The highest BCUT2D eigenvalue weighted by Crippen LogP contribution is 2.31. The molecule has 0 unspecified atom stereocenters. The van der Waals surface area contributed by atoms with Crippen LogP contribution in [0.1, 0.15) is 44.6 Å². The van der Waals surface area contributed by atoms with Gasteiger partial charge < -0.3 is 10.2 Å². The average molecular weight is 372 g/mol. The number of carbonyl (C=O) groups excluding carboxylic acids is 1. The summed E-state index contributed by atoms with van der Waals surface area (Å²) in [5, 5.41) is 15.7. The molecule has 0 bridgehead atoms. The molecule has 7 nitrogen and oxygen atoms in total. The van der Waals surface area contributed by atoms with Gasteiger partial charge in [0, 0.05) is 24.5 Å². The Kier molecular flexibility index (Phi) is 5.38. The number of rotatable bonds is 6. The molecule has 2 heterocycles. The van der Waals surface area contributed by atoms with E-state index in [0.717, 1.165) is 36.8 Å². The monoisotopic (exact) mass is 372 g/mol. The summed E-state index contributed by atoms with van der Waals surface area (Å²) in [6, 6.07) is 8.47. The van der Waals surface area contributed by atoms with Crippen LogP contribution in [0.3, 0.4) is 0 Å². The number of amides is 1. The van der Waals surface area contributed by atoms with Crippen molar-refractivity contribution >= 4 is 29.0 Å². The zero-order valence-electron chi connectivity index (χ0n) is 14.8. The lowest BCUT2D eigenvalue weighted by Crippen LogP contribution is -2.19. The molecule has 0 atom stereocenters. The second-order valence-corrected chi connectivity index (χ2v) is 7.87. The number of hydrogen-bond acceptors (Lipinski definition) is 6. The Bertz CT molecular complexity index is 752. The van der Waals surface area contributed by atoms with Crippen LogP contribution in [0.4, 0.5) is 11.4 Å². The maximum Gasteiger partial charge on any atom is 0.234 e. The Hall–Kier alpha value is -2.09. The first-order valence-electron chi connectivity index (χ1n) is 9.35. The summed E-state index contributed by atoms with van der Waals surface area (Å²) in [6.07, 6.45) is 7.17. The van der Waals surface area contributed by atoms with Gasteiger partial charge in [-0.05, 0) is 54.3 Å². The molecule has 1 saturated heterocycles. The normalized spacial score (nSPS) is 17.8. The van der Waals surface area contributed by atoms with Crippen LogP contribution in [0.2, 0.25) is 0 Å². The minimum Gasteiger partial charge on any atom is -0.371 e. The highest BCUT2D eigenvalue weighted by atomic mass is 32.2. The van der Waals surface area contributed by atoms with Crippen LogP contribution in [0.15, 0.2) is 29.4 Å². The van der Waals surface area contributed by atoms with E-state index in [4.69, 9.17) is 0 Å². The van der Waals surface area contributed by atoms with Gasteiger partial charge in [0.25, 0.3) is 0 Å². The predicted molar refractivity (Wildman–Crippen MR) is 103 cm³/mol. The molecule has 1 aliphatic heterocycles.